The van der Waals surface area contributed by atoms with Gasteiger partial charge in [0.2, 0.25) is 0 Å². The summed E-state index contributed by atoms with van der Waals surface area (Å²) in [5.41, 5.74) is 4.90. The summed E-state index contributed by atoms with van der Waals surface area (Å²) in [5, 5.41) is 1.06. The van der Waals surface area contributed by atoms with E-state index in [1.807, 2.05) is 18.3 Å². The highest BCUT2D eigenvalue weighted by Gasteiger charge is 2.19. The molecule has 0 atom stereocenters. The maximum absolute atomic E-state index is 6.22. The van der Waals surface area contributed by atoms with Gasteiger partial charge in [-0.25, -0.2) is 4.98 Å². The van der Waals surface area contributed by atoms with Crippen LogP contribution in [0.5, 0.6) is 11.5 Å². The molecule has 3 aromatic rings. The molecule has 0 amide bonds. The van der Waals surface area contributed by atoms with E-state index < -0.39 is 0 Å². The van der Waals surface area contributed by atoms with E-state index in [1.54, 1.807) is 11.8 Å². The third kappa shape index (κ3) is 4.21. The predicted octanol–water partition coefficient (Wildman–Crippen LogP) is 5.29. The van der Waals surface area contributed by atoms with Gasteiger partial charge in [0.1, 0.15) is 17.1 Å². The van der Waals surface area contributed by atoms with Crippen LogP contribution < -0.4 is 9.64 Å². The molecule has 0 unspecified atom stereocenters. The molecule has 1 aliphatic heterocycles. The van der Waals surface area contributed by atoms with Crippen LogP contribution in [-0.2, 0) is 0 Å². The van der Waals surface area contributed by atoms with Crippen molar-refractivity contribution < 1.29 is 4.74 Å². The van der Waals surface area contributed by atoms with Crippen LogP contribution in [-0.4, -0.2) is 47.6 Å². The second-order valence-corrected chi connectivity index (χ2v) is 8.51. The SMILES string of the molecule is Cc1ccc(N2CCN(CC3=CCCCC3)CC2)cc1Oc1cnc2[nH]ccc2c1. The summed E-state index contributed by atoms with van der Waals surface area (Å²) in [4.78, 5) is 12.6. The molecule has 0 spiro atoms. The summed E-state index contributed by atoms with van der Waals surface area (Å²) in [7, 11) is 0. The van der Waals surface area contributed by atoms with E-state index in [2.05, 4.69) is 51.0 Å². The number of aromatic nitrogens is 2. The molecule has 0 saturated carbocycles. The molecule has 1 saturated heterocycles. The third-order valence-corrected chi connectivity index (χ3v) is 6.32. The van der Waals surface area contributed by atoms with Gasteiger partial charge < -0.3 is 14.6 Å². The number of hydrogen-bond donors (Lipinski definition) is 1. The zero-order valence-corrected chi connectivity index (χ0v) is 17.7. The van der Waals surface area contributed by atoms with Gasteiger partial charge in [0.25, 0.3) is 0 Å². The minimum atomic E-state index is 0.771. The molecule has 0 bridgehead atoms. The quantitative estimate of drug-likeness (QED) is 0.589. The molecule has 0 radical (unpaired) electrons. The molecule has 30 heavy (non-hydrogen) atoms. The van der Waals surface area contributed by atoms with Crippen molar-refractivity contribution in [3.8, 4) is 11.5 Å². The average Bonchev–Trinajstić information content (AvgIpc) is 3.25. The van der Waals surface area contributed by atoms with Crippen molar-refractivity contribution in [3.63, 3.8) is 0 Å². The molecule has 2 aromatic heterocycles. The number of nitrogens with zero attached hydrogens (tertiary/aromatic N) is 3. The number of anilines is 1. The molecule has 1 N–H and O–H groups in total. The first kappa shape index (κ1) is 19.2. The highest BCUT2D eigenvalue weighted by atomic mass is 16.5. The van der Waals surface area contributed by atoms with E-state index in [0.29, 0.717) is 0 Å². The molecule has 1 aromatic carbocycles. The second kappa shape index (κ2) is 8.52. The summed E-state index contributed by atoms with van der Waals surface area (Å²) in [6.07, 6.45) is 11.4. The maximum Gasteiger partial charge on any atom is 0.146 e. The lowest BCUT2D eigenvalue weighted by atomic mass is 9.99. The largest absolute Gasteiger partial charge is 0.455 e. The molecule has 1 aliphatic carbocycles. The Labute approximate surface area is 178 Å². The highest BCUT2D eigenvalue weighted by molar-refractivity contribution is 5.76. The number of pyridine rings is 1. The molecule has 1 fully saturated rings. The lowest BCUT2D eigenvalue weighted by Gasteiger charge is -2.37. The Kier molecular flexibility index (Phi) is 5.45. The van der Waals surface area contributed by atoms with Crippen LogP contribution in [0.3, 0.4) is 0 Å². The van der Waals surface area contributed by atoms with E-state index in [-0.39, 0.29) is 0 Å². The normalized spacial score (nSPS) is 17.9. The number of rotatable bonds is 5. The number of piperazine rings is 1. The third-order valence-electron chi connectivity index (χ3n) is 6.32. The maximum atomic E-state index is 6.22. The second-order valence-electron chi connectivity index (χ2n) is 8.51. The van der Waals surface area contributed by atoms with E-state index in [1.165, 1.54) is 31.4 Å². The van der Waals surface area contributed by atoms with Gasteiger partial charge in [-0.05, 0) is 56.4 Å². The number of H-pyrrole nitrogens is 1. The van der Waals surface area contributed by atoms with Crippen LogP contribution in [0.2, 0.25) is 0 Å². The van der Waals surface area contributed by atoms with Gasteiger partial charge in [0, 0.05) is 56.1 Å². The number of hydrogen-bond acceptors (Lipinski definition) is 4. The lowest BCUT2D eigenvalue weighted by molar-refractivity contribution is 0.274. The fourth-order valence-electron chi connectivity index (χ4n) is 4.50. The Hall–Kier alpha value is -2.79. The Morgan fingerprint density at radius 2 is 1.97 bits per heavy atom. The van der Waals surface area contributed by atoms with Crippen molar-refractivity contribution in [1.29, 1.82) is 0 Å². The zero-order chi connectivity index (χ0) is 20.3. The van der Waals surface area contributed by atoms with Crippen LogP contribution >= 0.6 is 0 Å². The Bertz CT molecular complexity index is 1050. The van der Waals surface area contributed by atoms with Gasteiger partial charge in [-0.1, -0.05) is 17.7 Å². The number of allylic oxidation sites excluding steroid dienone is 1. The first-order valence-electron chi connectivity index (χ1n) is 11.1. The monoisotopic (exact) mass is 402 g/mol. The Morgan fingerprint density at radius 1 is 1.07 bits per heavy atom. The molecule has 5 heteroatoms. The summed E-state index contributed by atoms with van der Waals surface area (Å²) < 4.78 is 6.22. The topological polar surface area (TPSA) is 44.4 Å². The molecule has 2 aliphatic rings. The molecular formula is C25H30N4O. The average molecular weight is 403 g/mol. The van der Waals surface area contributed by atoms with Gasteiger partial charge in [0.15, 0.2) is 0 Å². The van der Waals surface area contributed by atoms with Crippen LogP contribution in [0.1, 0.15) is 31.2 Å². The van der Waals surface area contributed by atoms with E-state index in [9.17, 15) is 0 Å². The van der Waals surface area contributed by atoms with E-state index in [0.717, 1.165) is 60.8 Å². The van der Waals surface area contributed by atoms with Crippen molar-refractivity contribution in [3.05, 3.63) is 59.9 Å². The fraction of sp³-hybridized carbons (Fsp3) is 0.400. The van der Waals surface area contributed by atoms with Crippen molar-refractivity contribution in [2.75, 3.05) is 37.6 Å². The number of nitrogens with one attached hydrogen (secondary N) is 1. The summed E-state index contributed by atoms with van der Waals surface area (Å²) in [6, 6.07) is 10.6. The lowest BCUT2D eigenvalue weighted by Crippen LogP contribution is -2.47. The van der Waals surface area contributed by atoms with Gasteiger partial charge in [-0.15, -0.1) is 0 Å². The first-order chi connectivity index (χ1) is 14.7. The smallest absolute Gasteiger partial charge is 0.146 e. The number of benzene rings is 1. The fourth-order valence-corrected chi connectivity index (χ4v) is 4.50. The minimum Gasteiger partial charge on any atom is -0.455 e. The molecule has 3 heterocycles. The number of aromatic amines is 1. The van der Waals surface area contributed by atoms with Gasteiger partial charge in [-0.2, -0.15) is 0 Å². The van der Waals surface area contributed by atoms with E-state index >= 15 is 0 Å². The molecule has 156 valence electrons. The minimum absolute atomic E-state index is 0.771. The van der Waals surface area contributed by atoms with Gasteiger partial charge in [0.05, 0.1) is 6.20 Å². The van der Waals surface area contributed by atoms with Crippen LogP contribution in [0.25, 0.3) is 11.0 Å². The number of ether oxygens (including phenoxy) is 1. The van der Waals surface area contributed by atoms with E-state index in [4.69, 9.17) is 4.74 Å². The van der Waals surface area contributed by atoms with Crippen LogP contribution in [0.4, 0.5) is 5.69 Å². The summed E-state index contributed by atoms with van der Waals surface area (Å²) >= 11 is 0. The van der Waals surface area contributed by atoms with Crippen molar-refractivity contribution >= 4 is 16.7 Å². The highest BCUT2D eigenvalue weighted by Crippen LogP contribution is 2.31. The zero-order valence-electron chi connectivity index (χ0n) is 17.7. The Balaban J connectivity index is 1.25. The predicted molar refractivity (Wildman–Crippen MR) is 123 cm³/mol. The molecule has 5 nitrogen and oxygen atoms in total. The van der Waals surface area contributed by atoms with Gasteiger partial charge >= 0.3 is 0 Å². The number of aryl methyl sites for hydroxylation is 1. The summed E-state index contributed by atoms with van der Waals surface area (Å²) in [5.74, 6) is 1.67. The van der Waals surface area contributed by atoms with Crippen molar-refractivity contribution in [2.24, 2.45) is 0 Å². The van der Waals surface area contributed by atoms with Crippen molar-refractivity contribution in [1.82, 2.24) is 14.9 Å². The summed E-state index contributed by atoms with van der Waals surface area (Å²) in [6.45, 7) is 7.62. The first-order valence-corrected chi connectivity index (χ1v) is 11.1. The van der Waals surface area contributed by atoms with Gasteiger partial charge in [-0.3, -0.25) is 4.90 Å². The van der Waals surface area contributed by atoms with Crippen LogP contribution in [0.15, 0.2) is 54.4 Å². The molecular weight excluding hydrogens is 372 g/mol. The molecule has 5 rings (SSSR count). The Morgan fingerprint density at radius 3 is 2.80 bits per heavy atom. The number of fused-ring (bicyclic) bond motifs is 1. The van der Waals surface area contributed by atoms with Crippen LogP contribution in [0, 0.1) is 6.92 Å². The standard InChI is InChI=1S/C25H30N4O/c1-19-7-8-22(16-24(19)30-23-15-21-9-10-26-25(21)27-17-23)29-13-11-28(12-14-29)18-20-5-3-2-4-6-20/h5,7-10,15-17H,2-4,6,11-14,18H2,1H3,(H,26,27). The van der Waals surface area contributed by atoms with Crippen molar-refractivity contribution in [2.45, 2.75) is 32.6 Å².